The minimum absolute atomic E-state index is 0.222. The van der Waals surface area contributed by atoms with Crippen LogP contribution in [0, 0.1) is 13.8 Å². The molecule has 70 heavy (non-hydrogen) atoms. The summed E-state index contributed by atoms with van der Waals surface area (Å²) in [5, 5.41) is 12.1. The van der Waals surface area contributed by atoms with Crippen molar-refractivity contribution in [2.75, 3.05) is 9.80 Å². The number of para-hydroxylation sites is 2. The SMILES string of the molecule is Cc1cccc(N(c2cc(C(C)C)c3ccc4c(N(c5cccc(C)c5)c5c(C(C)C)ccc6c5oc5ccccc56)cc(C(C)C)c5ccc2c3c54)c2c(C(C)C)ccc3c2oc2ccccc23)c1. The van der Waals surface area contributed by atoms with E-state index in [2.05, 4.69) is 237 Å². The Labute approximate surface area is 411 Å². The largest absolute Gasteiger partial charge is 0.454 e. The van der Waals surface area contributed by atoms with Crippen molar-refractivity contribution in [3.63, 3.8) is 0 Å². The van der Waals surface area contributed by atoms with Crippen LogP contribution in [0.5, 0.6) is 0 Å². The quantitative estimate of drug-likeness (QED) is 0.128. The van der Waals surface area contributed by atoms with Gasteiger partial charge in [-0.3, -0.25) is 0 Å². The van der Waals surface area contributed by atoms with Crippen molar-refractivity contribution >= 4 is 110 Å². The molecule has 0 spiro atoms. The van der Waals surface area contributed by atoms with Crippen LogP contribution in [0.25, 0.3) is 76.2 Å². The van der Waals surface area contributed by atoms with Gasteiger partial charge < -0.3 is 18.6 Å². The molecule has 0 N–H and O–H groups in total. The highest BCUT2D eigenvalue weighted by Gasteiger charge is 2.31. The van der Waals surface area contributed by atoms with E-state index in [1.165, 1.54) is 65.7 Å². The van der Waals surface area contributed by atoms with E-state index in [1.54, 1.807) is 0 Å². The third-order valence-electron chi connectivity index (χ3n) is 15.0. The van der Waals surface area contributed by atoms with Crippen molar-refractivity contribution in [1.29, 1.82) is 0 Å². The van der Waals surface area contributed by atoms with E-state index in [0.717, 1.165) is 78.0 Å². The van der Waals surface area contributed by atoms with Crippen molar-refractivity contribution in [2.24, 2.45) is 0 Å². The summed E-state index contributed by atoms with van der Waals surface area (Å²) in [6.45, 7) is 23.0. The third kappa shape index (κ3) is 6.71. The highest BCUT2D eigenvalue weighted by atomic mass is 16.3. The molecule has 346 valence electrons. The average molecular weight is 913 g/mol. The van der Waals surface area contributed by atoms with Crippen molar-refractivity contribution in [2.45, 2.75) is 92.9 Å². The summed E-state index contributed by atoms with van der Waals surface area (Å²) in [6, 6.07) is 58.8. The van der Waals surface area contributed by atoms with Crippen molar-refractivity contribution in [3.8, 4) is 0 Å². The van der Waals surface area contributed by atoms with E-state index in [4.69, 9.17) is 8.83 Å². The first-order valence-corrected chi connectivity index (χ1v) is 25.3. The van der Waals surface area contributed by atoms with Gasteiger partial charge in [0.2, 0.25) is 0 Å². The van der Waals surface area contributed by atoms with E-state index in [1.807, 2.05) is 0 Å². The molecule has 0 saturated heterocycles. The summed E-state index contributed by atoms with van der Waals surface area (Å²) in [4.78, 5) is 5.07. The predicted molar refractivity (Wildman–Crippen MR) is 300 cm³/mol. The molecule has 4 nitrogen and oxygen atoms in total. The minimum Gasteiger partial charge on any atom is -0.454 e. The molecule has 12 aromatic rings. The highest BCUT2D eigenvalue weighted by Crippen LogP contribution is 2.55. The molecular weight excluding hydrogens is 853 g/mol. The second-order valence-corrected chi connectivity index (χ2v) is 21.0. The number of rotatable bonds is 10. The van der Waals surface area contributed by atoms with Gasteiger partial charge in [-0.05, 0) is 141 Å². The molecule has 0 saturated carbocycles. The zero-order valence-corrected chi connectivity index (χ0v) is 42.0. The molecular formula is C66H60N2O2. The Morgan fingerprint density at radius 1 is 0.329 bits per heavy atom. The van der Waals surface area contributed by atoms with Crippen LogP contribution in [0.15, 0.2) is 167 Å². The molecule has 0 atom stereocenters. The molecule has 0 bridgehead atoms. The Kier molecular flexibility index (Phi) is 10.3. The van der Waals surface area contributed by atoms with Crippen LogP contribution in [0.3, 0.4) is 0 Å². The Morgan fingerprint density at radius 3 is 1.09 bits per heavy atom. The average Bonchev–Trinajstić information content (AvgIpc) is 3.92. The van der Waals surface area contributed by atoms with Gasteiger partial charge in [0.05, 0.1) is 22.7 Å². The molecule has 0 amide bonds. The molecule has 0 radical (unpaired) electrons. The van der Waals surface area contributed by atoms with Gasteiger partial charge in [-0.1, -0.05) is 165 Å². The van der Waals surface area contributed by atoms with Gasteiger partial charge in [0, 0.05) is 43.7 Å². The molecule has 0 fully saturated rings. The maximum absolute atomic E-state index is 7.03. The van der Waals surface area contributed by atoms with Crippen LogP contribution in [0.1, 0.15) is 112 Å². The molecule has 0 aliphatic heterocycles. The van der Waals surface area contributed by atoms with Gasteiger partial charge >= 0.3 is 0 Å². The van der Waals surface area contributed by atoms with Gasteiger partial charge in [0.25, 0.3) is 0 Å². The summed E-state index contributed by atoms with van der Waals surface area (Å²) in [7, 11) is 0. The lowest BCUT2D eigenvalue weighted by atomic mass is 9.83. The first-order valence-electron chi connectivity index (χ1n) is 25.3. The molecule has 0 unspecified atom stereocenters. The number of aryl methyl sites for hydroxylation is 2. The number of anilines is 6. The molecule has 12 rings (SSSR count). The Balaban J connectivity index is 1.25. The summed E-state index contributed by atoms with van der Waals surface area (Å²) in [5.41, 5.74) is 17.8. The second kappa shape index (κ2) is 16.6. The van der Waals surface area contributed by atoms with Gasteiger partial charge in [-0.2, -0.15) is 0 Å². The van der Waals surface area contributed by atoms with Crippen LogP contribution in [-0.4, -0.2) is 0 Å². The molecule has 10 aromatic carbocycles. The first-order chi connectivity index (χ1) is 33.9. The first kappa shape index (κ1) is 43.7. The lowest BCUT2D eigenvalue weighted by Crippen LogP contribution is -2.15. The van der Waals surface area contributed by atoms with Gasteiger partial charge in [-0.15, -0.1) is 0 Å². The monoisotopic (exact) mass is 912 g/mol. The number of hydrogen-bond donors (Lipinski definition) is 0. The lowest BCUT2D eigenvalue weighted by Gasteiger charge is -2.33. The van der Waals surface area contributed by atoms with E-state index < -0.39 is 0 Å². The van der Waals surface area contributed by atoms with E-state index in [0.29, 0.717) is 0 Å². The van der Waals surface area contributed by atoms with Gasteiger partial charge in [0.1, 0.15) is 11.2 Å². The van der Waals surface area contributed by atoms with E-state index in [-0.39, 0.29) is 23.7 Å². The van der Waals surface area contributed by atoms with Crippen LogP contribution in [-0.2, 0) is 0 Å². The molecule has 0 aliphatic carbocycles. The van der Waals surface area contributed by atoms with Crippen molar-refractivity contribution < 1.29 is 8.83 Å². The Hall–Kier alpha value is -7.56. The fourth-order valence-electron chi connectivity index (χ4n) is 11.6. The fraction of sp³-hybridized carbons (Fsp3) is 0.212. The van der Waals surface area contributed by atoms with E-state index in [9.17, 15) is 0 Å². The Bertz CT molecular complexity index is 3750. The highest BCUT2D eigenvalue weighted by molar-refractivity contribution is 6.30. The Morgan fingerprint density at radius 2 is 0.700 bits per heavy atom. The zero-order valence-electron chi connectivity index (χ0n) is 42.0. The van der Waals surface area contributed by atoms with Gasteiger partial charge in [0.15, 0.2) is 11.2 Å². The summed E-state index contributed by atoms with van der Waals surface area (Å²) in [6.07, 6.45) is 0. The number of furan rings is 2. The summed E-state index contributed by atoms with van der Waals surface area (Å²) in [5.74, 6) is 0.919. The number of fused-ring (bicyclic) bond motifs is 6. The van der Waals surface area contributed by atoms with Crippen molar-refractivity contribution in [3.05, 3.63) is 191 Å². The lowest BCUT2D eigenvalue weighted by molar-refractivity contribution is 0.667. The van der Waals surface area contributed by atoms with Crippen LogP contribution in [0.2, 0.25) is 0 Å². The predicted octanol–water partition coefficient (Wildman–Crippen LogP) is 20.4. The molecule has 4 heteroatoms. The maximum Gasteiger partial charge on any atom is 0.159 e. The minimum atomic E-state index is 0.222. The molecule has 2 heterocycles. The normalized spacial score (nSPS) is 12.4. The van der Waals surface area contributed by atoms with Crippen LogP contribution >= 0.6 is 0 Å². The van der Waals surface area contributed by atoms with Gasteiger partial charge in [-0.25, -0.2) is 0 Å². The number of nitrogens with zero attached hydrogens (tertiary/aromatic N) is 2. The van der Waals surface area contributed by atoms with Crippen molar-refractivity contribution in [1.82, 2.24) is 0 Å². The smallest absolute Gasteiger partial charge is 0.159 e. The second-order valence-electron chi connectivity index (χ2n) is 21.0. The van der Waals surface area contributed by atoms with Crippen LogP contribution < -0.4 is 9.80 Å². The summed E-state index contributed by atoms with van der Waals surface area (Å²) >= 11 is 0. The third-order valence-corrected chi connectivity index (χ3v) is 15.0. The number of benzene rings is 10. The molecule has 2 aromatic heterocycles. The summed E-state index contributed by atoms with van der Waals surface area (Å²) < 4.78 is 14.1. The standard InChI is InChI=1S/C66H60N2O2/c1-37(2)45-25-29-51-47-21-11-13-23-59(47)69-65(51)63(45)67(43-19-15-17-41(9)33-43)57-35-55(39(5)6)49-28-32-54-58(36-56(40(7)8)50-27-31-53(57)61(49)62(50)54)68(44-20-16-18-42(10)34-44)64-46(38(3)4)26-30-52-48-22-12-14-24-60(48)70-66(52)64/h11-40H,1-10H3. The molecule has 0 aliphatic rings. The van der Waals surface area contributed by atoms with Crippen LogP contribution in [0.4, 0.5) is 34.1 Å². The fourth-order valence-corrected chi connectivity index (χ4v) is 11.6. The van der Waals surface area contributed by atoms with E-state index >= 15 is 0 Å². The maximum atomic E-state index is 7.03. The number of hydrogen-bond acceptors (Lipinski definition) is 4. The zero-order chi connectivity index (χ0) is 48.3. The topological polar surface area (TPSA) is 32.8 Å².